The molecule has 0 saturated carbocycles. The third-order valence-corrected chi connectivity index (χ3v) is 6.09. The molecule has 0 amide bonds. The molecule has 2 rings (SSSR count). The molecule has 1 aromatic heterocycles. The largest absolute Gasteiger partial charge is 0.487 e. The lowest BCUT2D eigenvalue weighted by atomic mass is 9.98. The molecule has 4 heteroatoms. The monoisotopic (exact) mass is 442 g/mol. The van der Waals surface area contributed by atoms with Crippen LogP contribution >= 0.6 is 0 Å². The van der Waals surface area contributed by atoms with Gasteiger partial charge in [-0.3, -0.25) is 0 Å². The van der Waals surface area contributed by atoms with E-state index in [1.165, 1.54) is 56.9 Å². The van der Waals surface area contributed by atoms with E-state index < -0.39 is 6.17 Å². The van der Waals surface area contributed by atoms with Gasteiger partial charge in [-0.1, -0.05) is 103 Å². The molecular weight excluding hydrogens is 399 g/mol. The Morgan fingerprint density at radius 3 is 2.19 bits per heavy atom. The smallest absolute Gasteiger partial charge is 0.159 e. The van der Waals surface area contributed by atoms with Crippen LogP contribution < -0.4 is 4.74 Å². The molecule has 2 unspecified atom stereocenters. The fraction of sp³-hybridized carbons (Fsp3) is 0.643. The van der Waals surface area contributed by atoms with E-state index in [4.69, 9.17) is 4.74 Å². The molecule has 32 heavy (non-hydrogen) atoms. The summed E-state index contributed by atoms with van der Waals surface area (Å²) < 4.78 is 19.7. The van der Waals surface area contributed by atoms with Crippen molar-refractivity contribution in [3.63, 3.8) is 0 Å². The minimum Gasteiger partial charge on any atom is -0.487 e. The number of unbranched alkanes of at least 4 members (excludes halogenated alkanes) is 5. The Hall–Kier alpha value is -1.97. The Balaban J connectivity index is 1.70. The Labute approximate surface area is 195 Å². The second kappa shape index (κ2) is 15.8. The average molecular weight is 443 g/mol. The van der Waals surface area contributed by atoms with Gasteiger partial charge in [-0.2, -0.15) is 0 Å². The first-order chi connectivity index (χ1) is 15.6. The van der Waals surface area contributed by atoms with Crippen molar-refractivity contribution in [3.8, 4) is 17.1 Å². The van der Waals surface area contributed by atoms with Crippen LogP contribution in [0.1, 0.15) is 97.0 Å². The highest BCUT2D eigenvalue weighted by Crippen LogP contribution is 2.20. The summed E-state index contributed by atoms with van der Waals surface area (Å²) in [7, 11) is 0. The zero-order valence-corrected chi connectivity index (χ0v) is 20.5. The number of benzene rings is 1. The third kappa shape index (κ3) is 10.6. The van der Waals surface area contributed by atoms with Gasteiger partial charge in [-0.25, -0.2) is 14.4 Å². The first kappa shape index (κ1) is 26.3. The number of nitrogens with zero attached hydrogens (tertiary/aromatic N) is 2. The SMILES string of the molecule is CCCCCCCCc1ccc(-c2ncc(OCC(F)CCCC(C)CCC)cn2)cc1. The normalized spacial score (nSPS) is 13.1. The molecule has 0 bridgehead atoms. The molecule has 178 valence electrons. The van der Waals surface area contributed by atoms with Gasteiger partial charge in [-0.05, 0) is 30.7 Å². The first-order valence-corrected chi connectivity index (χ1v) is 12.8. The topological polar surface area (TPSA) is 35.0 Å². The number of ether oxygens (including phenoxy) is 1. The molecule has 1 heterocycles. The predicted molar refractivity (Wildman–Crippen MR) is 133 cm³/mol. The number of hydrogen-bond acceptors (Lipinski definition) is 3. The predicted octanol–water partition coefficient (Wildman–Crippen LogP) is 8.37. The Kier molecular flexibility index (Phi) is 13.0. The summed E-state index contributed by atoms with van der Waals surface area (Å²) in [5, 5.41) is 0. The first-order valence-electron chi connectivity index (χ1n) is 12.8. The summed E-state index contributed by atoms with van der Waals surface area (Å²) in [5.41, 5.74) is 2.36. The summed E-state index contributed by atoms with van der Waals surface area (Å²) in [5.74, 6) is 1.87. The molecule has 3 nitrogen and oxygen atoms in total. The number of alkyl halides is 1. The van der Waals surface area contributed by atoms with Gasteiger partial charge in [0.25, 0.3) is 0 Å². The maximum absolute atomic E-state index is 14.1. The van der Waals surface area contributed by atoms with Crippen LogP contribution in [0.25, 0.3) is 11.4 Å². The van der Waals surface area contributed by atoms with Gasteiger partial charge in [0.1, 0.15) is 12.8 Å². The van der Waals surface area contributed by atoms with Gasteiger partial charge >= 0.3 is 0 Å². The highest BCUT2D eigenvalue weighted by atomic mass is 19.1. The van der Waals surface area contributed by atoms with Crippen molar-refractivity contribution in [2.75, 3.05) is 6.61 Å². The molecule has 0 aliphatic carbocycles. The number of aromatic nitrogens is 2. The molecule has 0 aliphatic rings. The molecule has 0 spiro atoms. The molecule has 2 atom stereocenters. The van der Waals surface area contributed by atoms with E-state index in [2.05, 4.69) is 55.0 Å². The van der Waals surface area contributed by atoms with E-state index in [-0.39, 0.29) is 6.61 Å². The van der Waals surface area contributed by atoms with Gasteiger partial charge in [0, 0.05) is 5.56 Å². The second-order valence-electron chi connectivity index (χ2n) is 9.19. The maximum atomic E-state index is 14.1. The zero-order valence-electron chi connectivity index (χ0n) is 20.5. The van der Waals surface area contributed by atoms with Gasteiger partial charge in [0.2, 0.25) is 0 Å². The summed E-state index contributed by atoms with van der Waals surface area (Å²) in [6, 6.07) is 8.51. The molecule has 0 saturated heterocycles. The van der Waals surface area contributed by atoms with E-state index in [0.29, 0.717) is 23.9 Å². The highest BCUT2D eigenvalue weighted by molar-refractivity contribution is 5.55. The van der Waals surface area contributed by atoms with E-state index in [0.717, 1.165) is 24.8 Å². The molecule has 2 aromatic rings. The van der Waals surface area contributed by atoms with Gasteiger partial charge < -0.3 is 4.74 Å². The van der Waals surface area contributed by atoms with Crippen LogP contribution in [0.5, 0.6) is 5.75 Å². The van der Waals surface area contributed by atoms with Crippen molar-refractivity contribution in [2.24, 2.45) is 5.92 Å². The van der Waals surface area contributed by atoms with Gasteiger partial charge in [-0.15, -0.1) is 0 Å². The standard InChI is InChI=1S/C28H43FN2O/c1-4-6-7-8-9-10-14-24-16-18-25(19-17-24)28-30-20-27(21-31-28)32-22-26(29)15-11-13-23(3)12-5-2/h16-21,23,26H,4-15,22H2,1-3H3. The number of aryl methyl sites for hydroxylation is 1. The van der Waals surface area contributed by atoms with Crippen molar-refractivity contribution < 1.29 is 9.13 Å². The van der Waals surface area contributed by atoms with Crippen molar-refractivity contribution in [1.82, 2.24) is 9.97 Å². The minimum atomic E-state index is -0.942. The van der Waals surface area contributed by atoms with E-state index in [9.17, 15) is 4.39 Å². The zero-order chi connectivity index (χ0) is 23.0. The van der Waals surface area contributed by atoms with Crippen LogP contribution in [-0.4, -0.2) is 22.7 Å². The number of halogens is 1. The summed E-state index contributed by atoms with van der Waals surface area (Å²) >= 11 is 0. The molecule has 1 aromatic carbocycles. The summed E-state index contributed by atoms with van der Waals surface area (Å²) in [4.78, 5) is 8.82. The van der Waals surface area contributed by atoms with Gasteiger partial charge in [0.05, 0.1) is 12.4 Å². The van der Waals surface area contributed by atoms with Crippen LogP contribution in [0, 0.1) is 5.92 Å². The van der Waals surface area contributed by atoms with Crippen LogP contribution in [0.15, 0.2) is 36.7 Å². The highest BCUT2D eigenvalue weighted by Gasteiger charge is 2.10. The maximum Gasteiger partial charge on any atom is 0.159 e. The van der Waals surface area contributed by atoms with E-state index in [1.54, 1.807) is 12.4 Å². The van der Waals surface area contributed by atoms with Crippen molar-refractivity contribution >= 4 is 0 Å². The molecular formula is C28H43FN2O. The third-order valence-electron chi connectivity index (χ3n) is 6.09. The Morgan fingerprint density at radius 2 is 1.50 bits per heavy atom. The van der Waals surface area contributed by atoms with E-state index in [1.807, 2.05) is 0 Å². The van der Waals surface area contributed by atoms with Gasteiger partial charge in [0.15, 0.2) is 11.6 Å². The minimum absolute atomic E-state index is 0.0675. The lowest BCUT2D eigenvalue weighted by Crippen LogP contribution is -2.13. The van der Waals surface area contributed by atoms with Crippen LogP contribution in [0.2, 0.25) is 0 Å². The van der Waals surface area contributed by atoms with Crippen LogP contribution in [0.3, 0.4) is 0 Å². The number of rotatable bonds is 17. The van der Waals surface area contributed by atoms with E-state index >= 15 is 0 Å². The van der Waals surface area contributed by atoms with Crippen LogP contribution in [0.4, 0.5) is 4.39 Å². The Morgan fingerprint density at radius 1 is 0.812 bits per heavy atom. The summed E-state index contributed by atoms with van der Waals surface area (Å²) in [6.45, 7) is 6.76. The quantitative estimate of drug-likeness (QED) is 0.231. The fourth-order valence-corrected chi connectivity index (χ4v) is 4.06. The number of hydrogen-bond donors (Lipinski definition) is 0. The van der Waals surface area contributed by atoms with Crippen molar-refractivity contribution in [2.45, 2.75) is 104 Å². The molecule has 0 N–H and O–H groups in total. The lowest BCUT2D eigenvalue weighted by Gasteiger charge is -2.12. The Bertz CT molecular complexity index is 717. The molecule has 0 fully saturated rings. The van der Waals surface area contributed by atoms with Crippen molar-refractivity contribution in [1.29, 1.82) is 0 Å². The lowest BCUT2D eigenvalue weighted by molar-refractivity contribution is 0.181. The second-order valence-corrected chi connectivity index (χ2v) is 9.19. The average Bonchev–Trinajstić information content (AvgIpc) is 2.81. The van der Waals surface area contributed by atoms with Crippen molar-refractivity contribution in [3.05, 3.63) is 42.2 Å². The molecule has 0 aliphatic heterocycles. The van der Waals surface area contributed by atoms with Crippen LogP contribution in [-0.2, 0) is 6.42 Å². The fourth-order valence-electron chi connectivity index (χ4n) is 4.06. The molecule has 0 radical (unpaired) electrons. The summed E-state index contributed by atoms with van der Waals surface area (Å²) in [6.07, 6.45) is 16.3.